The van der Waals surface area contributed by atoms with Gasteiger partial charge in [-0.15, -0.1) is 0 Å². The molecule has 3 aliphatic rings. The molecule has 68 valence electrons. The van der Waals surface area contributed by atoms with Gasteiger partial charge in [-0.05, 0) is 18.4 Å². The maximum absolute atomic E-state index is 5.97. The highest BCUT2D eigenvalue weighted by Gasteiger charge is 2.50. The molecule has 1 aliphatic carbocycles. The van der Waals surface area contributed by atoms with E-state index < -0.39 is 0 Å². The summed E-state index contributed by atoms with van der Waals surface area (Å²) in [6, 6.07) is 2.85. The van der Waals surface area contributed by atoms with Gasteiger partial charge in [0.15, 0.2) is 0 Å². The first-order chi connectivity index (χ1) is 6.36. The summed E-state index contributed by atoms with van der Waals surface area (Å²) in [5, 5.41) is 0. The number of fused-ring (bicyclic) bond motifs is 1. The van der Waals surface area contributed by atoms with Gasteiger partial charge in [0.2, 0.25) is 0 Å². The summed E-state index contributed by atoms with van der Waals surface area (Å²) < 4.78 is 0. The van der Waals surface area contributed by atoms with Crippen molar-refractivity contribution >= 4 is 5.82 Å². The number of nitrogens with zero attached hydrogens (tertiary/aromatic N) is 3. The molecule has 3 atom stereocenters. The van der Waals surface area contributed by atoms with E-state index in [-0.39, 0.29) is 0 Å². The van der Waals surface area contributed by atoms with Crippen molar-refractivity contribution in [3.8, 4) is 0 Å². The second-order valence-corrected chi connectivity index (χ2v) is 3.86. The lowest BCUT2D eigenvalue weighted by Gasteiger charge is -2.33. The highest BCUT2D eigenvalue weighted by atomic mass is 15.3. The minimum Gasteiger partial charge on any atom is -0.352 e. The van der Waals surface area contributed by atoms with E-state index in [1.54, 1.807) is 12.5 Å². The van der Waals surface area contributed by atoms with Gasteiger partial charge in [0, 0.05) is 24.8 Å². The Hall–Kier alpha value is -1.16. The van der Waals surface area contributed by atoms with E-state index in [1.165, 1.54) is 6.42 Å². The Bertz CT molecular complexity index is 313. The molecule has 3 fully saturated rings. The van der Waals surface area contributed by atoms with Crippen molar-refractivity contribution in [3.05, 3.63) is 18.6 Å². The fourth-order valence-electron chi connectivity index (χ4n) is 2.38. The molecule has 1 saturated carbocycles. The molecule has 1 aromatic rings. The minimum absolute atomic E-state index is 0.370. The van der Waals surface area contributed by atoms with Crippen LogP contribution in [0.4, 0.5) is 5.82 Å². The van der Waals surface area contributed by atoms with Crippen molar-refractivity contribution in [2.75, 3.05) is 11.4 Å². The summed E-state index contributed by atoms with van der Waals surface area (Å²) in [4.78, 5) is 10.4. The van der Waals surface area contributed by atoms with Gasteiger partial charge in [-0.25, -0.2) is 9.97 Å². The van der Waals surface area contributed by atoms with Gasteiger partial charge in [-0.1, -0.05) is 0 Å². The average molecular weight is 176 g/mol. The van der Waals surface area contributed by atoms with E-state index in [2.05, 4.69) is 14.9 Å². The molecule has 4 heteroatoms. The highest BCUT2D eigenvalue weighted by molar-refractivity contribution is 5.44. The zero-order valence-corrected chi connectivity index (χ0v) is 7.30. The van der Waals surface area contributed by atoms with Crippen LogP contribution in [-0.2, 0) is 0 Å². The molecular formula is C9H12N4. The topological polar surface area (TPSA) is 55.0 Å². The molecule has 2 N–H and O–H groups in total. The van der Waals surface area contributed by atoms with E-state index in [0.29, 0.717) is 18.0 Å². The van der Waals surface area contributed by atoms with Crippen molar-refractivity contribution < 1.29 is 0 Å². The summed E-state index contributed by atoms with van der Waals surface area (Å²) in [6.07, 6.45) is 4.62. The lowest BCUT2D eigenvalue weighted by atomic mass is 9.81. The Morgan fingerprint density at radius 3 is 3.00 bits per heavy atom. The Labute approximate surface area is 76.8 Å². The van der Waals surface area contributed by atoms with Gasteiger partial charge < -0.3 is 10.6 Å². The fourth-order valence-corrected chi connectivity index (χ4v) is 2.38. The van der Waals surface area contributed by atoms with Crippen molar-refractivity contribution in [1.82, 2.24) is 9.97 Å². The van der Waals surface area contributed by atoms with Crippen molar-refractivity contribution in [3.63, 3.8) is 0 Å². The van der Waals surface area contributed by atoms with Crippen LogP contribution in [0.3, 0.4) is 0 Å². The Kier molecular flexibility index (Phi) is 1.35. The molecule has 0 aromatic carbocycles. The minimum atomic E-state index is 0.370. The van der Waals surface area contributed by atoms with Crippen LogP contribution in [0.1, 0.15) is 6.42 Å². The van der Waals surface area contributed by atoms with Gasteiger partial charge >= 0.3 is 0 Å². The van der Waals surface area contributed by atoms with Crippen molar-refractivity contribution in [2.45, 2.75) is 18.5 Å². The number of rotatable bonds is 1. The smallest absolute Gasteiger partial charge is 0.132 e. The van der Waals surface area contributed by atoms with E-state index >= 15 is 0 Å². The fraction of sp³-hybridized carbons (Fsp3) is 0.556. The molecule has 1 aromatic heterocycles. The standard InChI is InChI=1S/C9H12N4/c10-9-6-3-7(9)13(4-6)8-1-2-11-5-12-8/h1-2,5-7,9H,3-4,10H2. The quantitative estimate of drug-likeness (QED) is 0.655. The molecule has 2 aliphatic heterocycles. The largest absolute Gasteiger partial charge is 0.352 e. The monoisotopic (exact) mass is 176 g/mol. The maximum atomic E-state index is 5.97. The molecule has 3 heterocycles. The number of anilines is 1. The first-order valence-corrected chi connectivity index (χ1v) is 4.64. The second kappa shape index (κ2) is 2.42. The van der Waals surface area contributed by atoms with Crippen LogP contribution in [0, 0.1) is 5.92 Å². The lowest BCUT2D eigenvalue weighted by molar-refractivity contribution is 0.311. The van der Waals surface area contributed by atoms with E-state index in [4.69, 9.17) is 5.73 Å². The Morgan fingerprint density at radius 1 is 1.54 bits per heavy atom. The van der Waals surface area contributed by atoms with Crippen molar-refractivity contribution in [1.29, 1.82) is 0 Å². The highest BCUT2D eigenvalue weighted by Crippen LogP contribution is 2.41. The molecule has 3 unspecified atom stereocenters. The van der Waals surface area contributed by atoms with E-state index in [0.717, 1.165) is 12.4 Å². The van der Waals surface area contributed by atoms with Crippen LogP contribution >= 0.6 is 0 Å². The van der Waals surface area contributed by atoms with Crippen molar-refractivity contribution in [2.24, 2.45) is 11.7 Å². The zero-order valence-electron chi connectivity index (χ0n) is 7.30. The molecule has 4 rings (SSSR count). The predicted molar refractivity (Wildman–Crippen MR) is 49.2 cm³/mol. The molecular weight excluding hydrogens is 164 g/mol. The Balaban J connectivity index is 1.89. The lowest BCUT2D eigenvalue weighted by Crippen LogP contribution is -2.49. The molecule has 0 amide bonds. The second-order valence-electron chi connectivity index (χ2n) is 3.86. The van der Waals surface area contributed by atoms with Crippen LogP contribution in [0.25, 0.3) is 0 Å². The van der Waals surface area contributed by atoms with Gasteiger partial charge in [-0.2, -0.15) is 0 Å². The number of hydrogen-bond acceptors (Lipinski definition) is 4. The predicted octanol–water partition coefficient (Wildman–Crippen LogP) is 0.0124. The van der Waals surface area contributed by atoms with Gasteiger partial charge in [0.1, 0.15) is 12.1 Å². The third kappa shape index (κ3) is 0.891. The van der Waals surface area contributed by atoms with Crippen LogP contribution < -0.4 is 10.6 Å². The van der Waals surface area contributed by atoms with Gasteiger partial charge in [0.25, 0.3) is 0 Å². The molecule has 13 heavy (non-hydrogen) atoms. The van der Waals surface area contributed by atoms with E-state index in [9.17, 15) is 0 Å². The zero-order chi connectivity index (χ0) is 8.84. The number of aromatic nitrogens is 2. The molecule has 4 nitrogen and oxygen atoms in total. The summed E-state index contributed by atoms with van der Waals surface area (Å²) in [7, 11) is 0. The third-order valence-corrected chi connectivity index (χ3v) is 3.23. The Morgan fingerprint density at radius 2 is 2.46 bits per heavy atom. The van der Waals surface area contributed by atoms with Crippen LogP contribution in [0.5, 0.6) is 0 Å². The molecule has 0 radical (unpaired) electrons. The van der Waals surface area contributed by atoms with Crippen LogP contribution in [0.2, 0.25) is 0 Å². The number of hydrogen-bond donors (Lipinski definition) is 1. The first-order valence-electron chi connectivity index (χ1n) is 4.64. The maximum Gasteiger partial charge on any atom is 0.132 e. The molecule has 0 spiro atoms. The summed E-state index contributed by atoms with van der Waals surface area (Å²) in [6.45, 7) is 1.07. The normalized spacial score (nSPS) is 36.1. The molecule has 2 saturated heterocycles. The first kappa shape index (κ1) is 7.26. The van der Waals surface area contributed by atoms with Gasteiger partial charge in [0.05, 0.1) is 0 Å². The third-order valence-electron chi connectivity index (χ3n) is 3.23. The van der Waals surface area contributed by atoms with Crippen LogP contribution in [-0.4, -0.2) is 28.6 Å². The van der Waals surface area contributed by atoms with Gasteiger partial charge in [-0.3, -0.25) is 0 Å². The molecule has 2 bridgehead atoms. The average Bonchev–Trinajstić information content (AvgIpc) is 2.75. The summed E-state index contributed by atoms with van der Waals surface area (Å²) >= 11 is 0. The van der Waals surface area contributed by atoms with E-state index in [1.807, 2.05) is 6.07 Å². The number of nitrogens with two attached hydrogens (primary N) is 1. The summed E-state index contributed by atoms with van der Waals surface area (Å²) in [5.41, 5.74) is 5.97. The van der Waals surface area contributed by atoms with Crippen LogP contribution in [0.15, 0.2) is 18.6 Å². The SMILES string of the molecule is NC1C2CC1N(c1ccncn1)C2. The summed E-state index contributed by atoms with van der Waals surface area (Å²) in [5.74, 6) is 1.72.